The molecule has 1 aromatic carbocycles. The number of rotatable bonds is 3. The maximum absolute atomic E-state index is 13.0. The van der Waals surface area contributed by atoms with Crippen LogP contribution in [0.2, 0.25) is 5.02 Å². The van der Waals surface area contributed by atoms with Crippen LogP contribution >= 0.6 is 11.6 Å². The highest BCUT2D eigenvalue weighted by atomic mass is 35.5. The van der Waals surface area contributed by atoms with Gasteiger partial charge in [0.15, 0.2) is 0 Å². The van der Waals surface area contributed by atoms with Crippen molar-refractivity contribution in [3.63, 3.8) is 0 Å². The van der Waals surface area contributed by atoms with Crippen molar-refractivity contribution in [2.75, 3.05) is 0 Å². The highest BCUT2D eigenvalue weighted by molar-refractivity contribution is 6.31. The van der Waals surface area contributed by atoms with Crippen molar-refractivity contribution in [2.45, 2.75) is 31.8 Å². The van der Waals surface area contributed by atoms with Crippen LogP contribution in [-0.4, -0.2) is 22.4 Å². The SMILES string of the molecule is CC1(C2CC2)NC(=O)N(Cc2ccc(F)cc2Cl)C1=O. The summed E-state index contributed by atoms with van der Waals surface area (Å²) >= 11 is 5.94. The summed E-state index contributed by atoms with van der Waals surface area (Å²) in [5.41, 5.74) is -0.250. The summed E-state index contributed by atoms with van der Waals surface area (Å²) in [5.74, 6) is -0.461. The third-order valence-corrected chi connectivity index (χ3v) is 4.39. The second-order valence-electron chi connectivity index (χ2n) is 5.53. The molecule has 1 aromatic rings. The van der Waals surface area contributed by atoms with Gasteiger partial charge in [-0.05, 0) is 43.4 Å². The number of nitrogens with zero attached hydrogens (tertiary/aromatic N) is 1. The Labute approximate surface area is 120 Å². The molecule has 2 aliphatic rings. The molecule has 0 radical (unpaired) electrons. The van der Waals surface area contributed by atoms with Crippen molar-refractivity contribution in [1.82, 2.24) is 10.2 Å². The summed E-state index contributed by atoms with van der Waals surface area (Å²) in [5, 5.41) is 2.98. The summed E-state index contributed by atoms with van der Waals surface area (Å²) in [6.07, 6.45) is 1.90. The molecular formula is C14H14ClFN2O2. The van der Waals surface area contributed by atoms with Crippen LogP contribution < -0.4 is 5.32 Å². The highest BCUT2D eigenvalue weighted by Crippen LogP contribution is 2.43. The standard InChI is InChI=1S/C14H14ClFN2O2/c1-14(9-3-4-9)12(19)18(13(20)17-14)7-8-2-5-10(16)6-11(8)15/h2,5-6,9H,3-4,7H2,1H3,(H,17,20). The number of nitrogens with one attached hydrogen (secondary N) is 1. The quantitative estimate of drug-likeness (QED) is 0.872. The first-order valence-corrected chi connectivity index (χ1v) is 6.87. The van der Waals surface area contributed by atoms with Crippen molar-refractivity contribution in [3.8, 4) is 0 Å². The van der Waals surface area contributed by atoms with Gasteiger partial charge in [0.05, 0.1) is 6.54 Å². The molecule has 1 aliphatic carbocycles. The van der Waals surface area contributed by atoms with Crippen LogP contribution in [0.15, 0.2) is 18.2 Å². The van der Waals surface area contributed by atoms with Gasteiger partial charge in [-0.2, -0.15) is 0 Å². The Bertz CT molecular complexity index is 603. The first-order chi connectivity index (χ1) is 9.41. The third kappa shape index (κ3) is 2.06. The second-order valence-corrected chi connectivity index (χ2v) is 5.94. The van der Waals surface area contributed by atoms with Crippen LogP contribution in [0.1, 0.15) is 25.3 Å². The van der Waals surface area contributed by atoms with Crippen LogP contribution in [-0.2, 0) is 11.3 Å². The fourth-order valence-electron chi connectivity index (χ4n) is 2.62. The number of imide groups is 1. The average molecular weight is 297 g/mol. The van der Waals surface area contributed by atoms with Crippen molar-refractivity contribution in [1.29, 1.82) is 0 Å². The number of hydrogen-bond acceptors (Lipinski definition) is 2. The Kier molecular flexibility index (Phi) is 2.97. The van der Waals surface area contributed by atoms with E-state index in [4.69, 9.17) is 11.6 Å². The van der Waals surface area contributed by atoms with Gasteiger partial charge in [0, 0.05) is 5.02 Å². The lowest BCUT2D eigenvalue weighted by Gasteiger charge is -2.21. The Morgan fingerprint density at radius 3 is 2.75 bits per heavy atom. The largest absolute Gasteiger partial charge is 0.325 e. The van der Waals surface area contributed by atoms with Crippen molar-refractivity contribution >= 4 is 23.5 Å². The van der Waals surface area contributed by atoms with Gasteiger partial charge < -0.3 is 5.32 Å². The molecular weight excluding hydrogens is 283 g/mol. The highest BCUT2D eigenvalue weighted by Gasteiger charge is 2.55. The Balaban J connectivity index is 1.84. The minimum atomic E-state index is -0.802. The van der Waals surface area contributed by atoms with E-state index in [9.17, 15) is 14.0 Å². The molecule has 1 aliphatic heterocycles. The molecule has 3 rings (SSSR count). The van der Waals surface area contributed by atoms with Crippen LogP contribution in [0.5, 0.6) is 0 Å². The molecule has 106 valence electrons. The maximum Gasteiger partial charge on any atom is 0.325 e. The van der Waals surface area contributed by atoms with E-state index in [-0.39, 0.29) is 23.4 Å². The fraction of sp³-hybridized carbons (Fsp3) is 0.429. The van der Waals surface area contributed by atoms with Gasteiger partial charge >= 0.3 is 6.03 Å². The first kappa shape index (κ1) is 13.4. The molecule has 1 saturated heterocycles. The molecule has 20 heavy (non-hydrogen) atoms. The van der Waals surface area contributed by atoms with E-state index in [0.717, 1.165) is 17.7 Å². The second kappa shape index (κ2) is 4.45. The number of halogens is 2. The van der Waals surface area contributed by atoms with E-state index >= 15 is 0 Å². The van der Waals surface area contributed by atoms with Gasteiger partial charge in [0.2, 0.25) is 0 Å². The molecule has 3 amide bonds. The molecule has 4 nitrogen and oxygen atoms in total. The number of carbonyl (C=O) groups excluding carboxylic acids is 2. The number of hydrogen-bond donors (Lipinski definition) is 1. The summed E-state index contributed by atoms with van der Waals surface area (Å²) in [4.78, 5) is 25.6. The lowest BCUT2D eigenvalue weighted by molar-refractivity contribution is -0.131. The zero-order chi connectivity index (χ0) is 14.5. The first-order valence-electron chi connectivity index (χ1n) is 6.50. The van der Waals surface area contributed by atoms with Gasteiger partial charge in [-0.25, -0.2) is 9.18 Å². The van der Waals surface area contributed by atoms with Crippen molar-refractivity contribution in [3.05, 3.63) is 34.6 Å². The molecule has 2 fully saturated rings. The van der Waals surface area contributed by atoms with Crippen LogP contribution in [0.25, 0.3) is 0 Å². The van der Waals surface area contributed by atoms with Gasteiger partial charge in [0.25, 0.3) is 5.91 Å². The molecule has 1 atom stereocenters. The molecule has 0 aromatic heterocycles. The maximum atomic E-state index is 13.0. The molecule has 1 N–H and O–H groups in total. The summed E-state index contributed by atoms with van der Waals surface area (Å²) in [6.45, 7) is 1.82. The minimum Gasteiger partial charge on any atom is -0.323 e. The Hall–Kier alpha value is -1.62. The average Bonchev–Trinajstić information content (AvgIpc) is 3.18. The predicted molar refractivity (Wildman–Crippen MR) is 71.6 cm³/mol. The van der Waals surface area contributed by atoms with Crippen LogP contribution in [0, 0.1) is 11.7 Å². The van der Waals surface area contributed by atoms with Gasteiger partial charge in [-0.15, -0.1) is 0 Å². The Morgan fingerprint density at radius 2 is 2.15 bits per heavy atom. The number of benzene rings is 1. The smallest absolute Gasteiger partial charge is 0.323 e. The van der Waals surface area contributed by atoms with Gasteiger partial charge in [-0.3, -0.25) is 9.69 Å². The molecule has 1 saturated carbocycles. The molecule has 0 spiro atoms. The van der Waals surface area contributed by atoms with Crippen molar-refractivity contribution < 1.29 is 14.0 Å². The van der Waals surface area contributed by atoms with E-state index in [0.29, 0.717) is 5.56 Å². The summed E-state index contributed by atoms with van der Waals surface area (Å²) in [6, 6.07) is 3.52. The zero-order valence-electron chi connectivity index (χ0n) is 11.0. The monoisotopic (exact) mass is 296 g/mol. The van der Waals surface area contributed by atoms with Crippen LogP contribution in [0.3, 0.4) is 0 Å². The summed E-state index contributed by atoms with van der Waals surface area (Å²) < 4.78 is 13.0. The molecule has 1 heterocycles. The number of amides is 3. The lowest BCUT2D eigenvalue weighted by atomic mass is 9.96. The third-order valence-electron chi connectivity index (χ3n) is 4.04. The van der Waals surface area contributed by atoms with Crippen LogP contribution in [0.4, 0.5) is 9.18 Å². The van der Waals surface area contributed by atoms with E-state index in [1.165, 1.54) is 18.2 Å². The predicted octanol–water partition coefficient (Wildman–Crippen LogP) is 2.70. The van der Waals surface area contributed by atoms with Gasteiger partial charge in [0.1, 0.15) is 11.4 Å². The normalized spacial score (nSPS) is 26.1. The van der Waals surface area contributed by atoms with E-state index in [1.807, 2.05) is 0 Å². The van der Waals surface area contributed by atoms with Crippen molar-refractivity contribution in [2.24, 2.45) is 5.92 Å². The van der Waals surface area contributed by atoms with Gasteiger partial charge in [-0.1, -0.05) is 17.7 Å². The zero-order valence-corrected chi connectivity index (χ0v) is 11.7. The number of urea groups is 1. The molecule has 6 heteroatoms. The Morgan fingerprint density at radius 1 is 1.45 bits per heavy atom. The van der Waals surface area contributed by atoms with E-state index in [2.05, 4.69) is 5.32 Å². The minimum absolute atomic E-state index is 0.0616. The van der Waals surface area contributed by atoms with E-state index in [1.54, 1.807) is 6.92 Å². The summed E-state index contributed by atoms with van der Waals surface area (Å²) in [7, 11) is 0. The topological polar surface area (TPSA) is 49.4 Å². The fourth-order valence-corrected chi connectivity index (χ4v) is 2.84. The molecule has 0 bridgehead atoms. The number of carbonyl (C=O) groups is 2. The molecule has 1 unspecified atom stereocenters. The lowest BCUT2D eigenvalue weighted by Crippen LogP contribution is -2.46. The van der Waals surface area contributed by atoms with E-state index < -0.39 is 17.4 Å².